The number of nitrogens with two attached hydrogens (primary N) is 1. The molecule has 18 heavy (non-hydrogen) atoms. The molecule has 0 unspecified atom stereocenters. The third-order valence-corrected chi connectivity index (χ3v) is 2.69. The van der Waals surface area contributed by atoms with Crippen LogP contribution in [0.25, 0.3) is 11.4 Å². The van der Waals surface area contributed by atoms with Gasteiger partial charge in [0.05, 0.1) is 0 Å². The second kappa shape index (κ2) is 4.25. The van der Waals surface area contributed by atoms with Gasteiger partial charge in [-0.2, -0.15) is 9.97 Å². The molecule has 3 N–H and O–H groups in total. The smallest absolute Gasteiger partial charge is 0.349 e. The predicted molar refractivity (Wildman–Crippen MR) is 71.2 cm³/mol. The van der Waals surface area contributed by atoms with E-state index in [0.717, 1.165) is 5.56 Å². The number of anilines is 1. The largest absolute Gasteiger partial charge is 0.368 e. The molecule has 0 aliphatic carbocycles. The fraction of sp³-hybridized carbons (Fsp3) is 0.308. The monoisotopic (exact) mass is 244 g/mol. The van der Waals surface area contributed by atoms with Crippen LogP contribution < -0.4 is 11.4 Å². The Labute approximate surface area is 105 Å². The second-order valence-electron chi connectivity index (χ2n) is 5.19. The van der Waals surface area contributed by atoms with Crippen LogP contribution in [-0.2, 0) is 5.41 Å². The number of benzene rings is 1. The molecule has 0 aliphatic heterocycles. The van der Waals surface area contributed by atoms with Gasteiger partial charge < -0.3 is 5.73 Å². The molecule has 1 heterocycles. The first kappa shape index (κ1) is 12.3. The number of H-pyrrole nitrogens is 1. The molecule has 5 nitrogen and oxygen atoms in total. The number of hydrogen-bond donors (Lipinski definition) is 2. The minimum Gasteiger partial charge on any atom is -0.368 e. The molecule has 0 saturated carbocycles. The molecule has 2 aromatic rings. The number of aromatic nitrogens is 3. The minimum absolute atomic E-state index is 0.0198. The lowest BCUT2D eigenvalue weighted by Gasteiger charge is -2.18. The van der Waals surface area contributed by atoms with Gasteiger partial charge in [0, 0.05) is 5.56 Å². The van der Waals surface area contributed by atoms with Gasteiger partial charge in [-0.05, 0) is 11.0 Å². The molecular formula is C13H16N4O. The van der Waals surface area contributed by atoms with E-state index >= 15 is 0 Å². The number of hydrogen-bond acceptors (Lipinski definition) is 4. The Morgan fingerprint density at radius 2 is 1.72 bits per heavy atom. The first-order chi connectivity index (χ1) is 8.36. The molecule has 0 saturated heterocycles. The number of nitrogens with zero attached hydrogens (tertiary/aromatic N) is 2. The maximum atomic E-state index is 11.2. The van der Waals surface area contributed by atoms with Crippen molar-refractivity contribution >= 4 is 5.95 Å². The Morgan fingerprint density at radius 1 is 1.11 bits per heavy atom. The zero-order valence-corrected chi connectivity index (χ0v) is 10.7. The average molecular weight is 244 g/mol. The first-order valence-corrected chi connectivity index (χ1v) is 5.71. The van der Waals surface area contributed by atoms with Gasteiger partial charge in [0.25, 0.3) is 0 Å². The summed E-state index contributed by atoms with van der Waals surface area (Å²) in [5, 5.41) is 0. The first-order valence-electron chi connectivity index (χ1n) is 5.71. The van der Waals surface area contributed by atoms with Crippen molar-refractivity contribution in [2.75, 3.05) is 5.73 Å². The highest BCUT2D eigenvalue weighted by atomic mass is 16.1. The van der Waals surface area contributed by atoms with Gasteiger partial charge in [-0.15, -0.1) is 0 Å². The SMILES string of the molecule is CC(C)(C)c1ccc(-c2nc(N)nc(=O)[nH]2)cc1. The van der Waals surface area contributed by atoms with Crippen LogP contribution in [0, 0.1) is 0 Å². The van der Waals surface area contributed by atoms with E-state index in [0.29, 0.717) is 5.82 Å². The van der Waals surface area contributed by atoms with Crippen LogP contribution in [0.1, 0.15) is 26.3 Å². The third kappa shape index (κ3) is 2.56. The Hall–Kier alpha value is -2.17. The normalized spacial score (nSPS) is 11.5. The van der Waals surface area contributed by atoms with E-state index in [1.807, 2.05) is 24.3 Å². The summed E-state index contributed by atoms with van der Waals surface area (Å²) >= 11 is 0. The molecular weight excluding hydrogens is 228 g/mol. The van der Waals surface area contributed by atoms with Crippen LogP contribution in [0.2, 0.25) is 0 Å². The van der Waals surface area contributed by atoms with Crippen molar-refractivity contribution in [3.8, 4) is 11.4 Å². The lowest BCUT2D eigenvalue weighted by Crippen LogP contribution is -2.15. The molecule has 1 aromatic heterocycles. The van der Waals surface area contributed by atoms with Crippen molar-refractivity contribution < 1.29 is 0 Å². The summed E-state index contributed by atoms with van der Waals surface area (Å²) in [5.74, 6) is 0.418. The molecule has 0 fully saturated rings. The molecule has 1 aromatic carbocycles. The van der Waals surface area contributed by atoms with Crippen LogP contribution in [-0.4, -0.2) is 15.0 Å². The summed E-state index contributed by atoms with van der Waals surface area (Å²) in [6.07, 6.45) is 0. The Kier molecular flexibility index (Phi) is 2.90. The number of aromatic amines is 1. The lowest BCUT2D eigenvalue weighted by atomic mass is 9.87. The summed E-state index contributed by atoms with van der Waals surface area (Å²) in [4.78, 5) is 21.3. The molecule has 2 rings (SSSR count). The zero-order chi connectivity index (χ0) is 13.3. The summed E-state index contributed by atoms with van der Waals surface area (Å²) in [6, 6.07) is 7.87. The van der Waals surface area contributed by atoms with E-state index < -0.39 is 5.69 Å². The maximum Gasteiger partial charge on any atom is 0.349 e. The van der Waals surface area contributed by atoms with E-state index in [2.05, 4.69) is 35.7 Å². The van der Waals surface area contributed by atoms with Crippen LogP contribution in [0.15, 0.2) is 29.1 Å². The Balaban J connectivity index is 2.43. The third-order valence-electron chi connectivity index (χ3n) is 2.69. The minimum atomic E-state index is -0.489. The molecule has 0 spiro atoms. The number of nitrogens with one attached hydrogen (secondary N) is 1. The Morgan fingerprint density at radius 3 is 2.22 bits per heavy atom. The van der Waals surface area contributed by atoms with Gasteiger partial charge in [-0.3, -0.25) is 4.98 Å². The van der Waals surface area contributed by atoms with Crippen LogP contribution >= 0.6 is 0 Å². The van der Waals surface area contributed by atoms with Crippen molar-refractivity contribution in [1.29, 1.82) is 0 Å². The summed E-state index contributed by atoms with van der Waals surface area (Å²) < 4.78 is 0. The van der Waals surface area contributed by atoms with E-state index in [1.165, 1.54) is 5.56 Å². The van der Waals surface area contributed by atoms with Gasteiger partial charge in [0.1, 0.15) is 5.82 Å². The highest BCUT2D eigenvalue weighted by molar-refractivity contribution is 5.56. The lowest BCUT2D eigenvalue weighted by molar-refractivity contribution is 0.590. The quantitative estimate of drug-likeness (QED) is 0.799. The molecule has 94 valence electrons. The van der Waals surface area contributed by atoms with Crippen molar-refractivity contribution in [3.63, 3.8) is 0 Å². The average Bonchev–Trinajstić information content (AvgIpc) is 2.27. The number of rotatable bonds is 1. The van der Waals surface area contributed by atoms with Crippen molar-refractivity contribution in [2.24, 2.45) is 0 Å². The summed E-state index contributed by atoms with van der Waals surface area (Å²) in [7, 11) is 0. The van der Waals surface area contributed by atoms with Crippen LogP contribution in [0.4, 0.5) is 5.95 Å². The number of nitrogen functional groups attached to an aromatic ring is 1. The van der Waals surface area contributed by atoms with E-state index in [4.69, 9.17) is 5.73 Å². The van der Waals surface area contributed by atoms with Crippen LogP contribution in [0.3, 0.4) is 0 Å². The second-order valence-corrected chi connectivity index (χ2v) is 5.19. The molecule has 0 bridgehead atoms. The van der Waals surface area contributed by atoms with E-state index in [1.54, 1.807) is 0 Å². The molecule has 0 radical (unpaired) electrons. The highest BCUT2D eigenvalue weighted by Crippen LogP contribution is 2.24. The molecule has 5 heteroatoms. The van der Waals surface area contributed by atoms with Gasteiger partial charge in [-0.1, -0.05) is 45.0 Å². The van der Waals surface area contributed by atoms with Crippen molar-refractivity contribution in [3.05, 3.63) is 40.3 Å². The molecule has 0 amide bonds. The van der Waals surface area contributed by atoms with E-state index in [-0.39, 0.29) is 11.4 Å². The zero-order valence-electron chi connectivity index (χ0n) is 10.7. The standard InChI is InChI=1S/C13H16N4O/c1-13(2,3)9-6-4-8(5-7-9)10-15-11(14)17-12(18)16-10/h4-7H,1-3H3,(H3,14,15,16,17,18). The van der Waals surface area contributed by atoms with Crippen LogP contribution in [0.5, 0.6) is 0 Å². The van der Waals surface area contributed by atoms with Crippen molar-refractivity contribution in [1.82, 2.24) is 15.0 Å². The highest BCUT2D eigenvalue weighted by Gasteiger charge is 2.13. The van der Waals surface area contributed by atoms with Crippen molar-refractivity contribution in [2.45, 2.75) is 26.2 Å². The molecule has 0 atom stereocenters. The summed E-state index contributed by atoms with van der Waals surface area (Å²) in [5.41, 5.74) is 7.09. The predicted octanol–water partition coefficient (Wildman–Crippen LogP) is 1.71. The fourth-order valence-electron chi connectivity index (χ4n) is 1.67. The van der Waals surface area contributed by atoms with Gasteiger partial charge in [-0.25, -0.2) is 4.79 Å². The summed E-state index contributed by atoms with van der Waals surface area (Å²) in [6.45, 7) is 6.44. The Bertz CT molecular complexity index is 608. The topological polar surface area (TPSA) is 84.7 Å². The molecule has 0 aliphatic rings. The van der Waals surface area contributed by atoms with Gasteiger partial charge in [0.15, 0.2) is 0 Å². The maximum absolute atomic E-state index is 11.2. The van der Waals surface area contributed by atoms with Gasteiger partial charge in [0.2, 0.25) is 5.95 Å². The van der Waals surface area contributed by atoms with Gasteiger partial charge >= 0.3 is 5.69 Å². The van der Waals surface area contributed by atoms with E-state index in [9.17, 15) is 4.79 Å². The fourth-order valence-corrected chi connectivity index (χ4v) is 1.67.